The van der Waals surface area contributed by atoms with Gasteiger partial charge in [0.2, 0.25) is 17.6 Å². The summed E-state index contributed by atoms with van der Waals surface area (Å²) in [6.07, 6.45) is 3.83. The van der Waals surface area contributed by atoms with Gasteiger partial charge in [-0.25, -0.2) is 4.79 Å². The van der Waals surface area contributed by atoms with Crippen molar-refractivity contribution in [2.24, 2.45) is 17.8 Å². The summed E-state index contributed by atoms with van der Waals surface area (Å²) in [4.78, 5) is 68.0. The molecule has 1 unspecified atom stereocenters. The number of ether oxygens (including phenoxy) is 1. The number of rotatable bonds is 12. The molecule has 0 spiro atoms. The van der Waals surface area contributed by atoms with E-state index in [1.54, 1.807) is 26.8 Å². The van der Waals surface area contributed by atoms with Crippen LogP contribution in [0.3, 0.4) is 0 Å². The lowest BCUT2D eigenvalue weighted by Gasteiger charge is -2.35. The number of hydrogen-bond acceptors (Lipinski definition) is 6. The maximum absolute atomic E-state index is 14.3. The third-order valence-corrected chi connectivity index (χ3v) is 9.36. The van der Waals surface area contributed by atoms with Crippen LogP contribution in [0.4, 0.5) is 4.79 Å². The average Bonchev–Trinajstić information content (AvgIpc) is 3.33. The Morgan fingerprint density at radius 1 is 1.07 bits per heavy atom. The summed E-state index contributed by atoms with van der Waals surface area (Å²) in [6, 6.07) is 4.54. The summed E-state index contributed by atoms with van der Waals surface area (Å²) >= 11 is 13.1. The van der Waals surface area contributed by atoms with Crippen LogP contribution >= 0.6 is 23.2 Å². The molecule has 4 rings (SSSR count). The zero-order valence-electron chi connectivity index (χ0n) is 25.2. The highest BCUT2D eigenvalue weighted by Gasteiger charge is 2.74. The van der Waals surface area contributed by atoms with Gasteiger partial charge >= 0.3 is 6.09 Å². The van der Waals surface area contributed by atoms with E-state index in [9.17, 15) is 24.0 Å². The van der Waals surface area contributed by atoms with Gasteiger partial charge in [-0.3, -0.25) is 19.2 Å². The summed E-state index contributed by atoms with van der Waals surface area (Å²) in [5, 5.41) is 7.90. The monoisotopic (exact) mass is 646 g/mol. The molecule has 4 amide bonds. The van der Waals surface area contributed by atoms with Gasteiger partial charge in [-0.15, -0.1) is 36.4 Å². The molecule has 5 atom stereocenters. The quantitative estimate of drug-likeness (QED) is 0.181. The Morgan fingerprint density at radius 2 is 1.70 bits per heavy atom. The first-order valence-corrected chi connectivity index (χ1v) is 15.5. The number of ketones is 1. The molecule has 2 fully saturated rings. The Hall–Kier alpha value is -3.37. The minimum atomic E-state index is -1.24. The second kappa shape index (κ2) is 13.3. The number of amides is 4. The average molecular weight is 648 g/mol. The SMILES string of the molecule is C=CCCC(NC(=O)[C@@H]1[C@@H]2[C@H](CN1C(=O)[C@@H](NC(=O)OC(C)(C)C)C1Cc3ccccc3C1)C2(Cl)Cl)C(=O)C(=O)NCC=C. The Bertz CT molecular complexity index is 1320. The molecule has 3 aliphatic rings. The third-order valence-electron chi connectivity index (χ3n) is 8.30. The van der Waals surface area contributed by atoms with Gasteiger partial charge in [0.05, 0.1) is 6.04 Å². The van der Waals surface area contributed by atoms with Crippen LogP contribution in [-0.2, 0) is 36.8 Å². The summed E-state index contributed by atoms with van der Waals surface area (Å²) in [7, 11) is 0. The van der Waals surface area contributed by atoms with Gasteiger partial charge in [0, 0.05) is 24.9 Å². The van der Waals surface area contributed by atoms with Crippen molar-refractivity contribution in [2.75, 3.05) is 13.1 Å². The number of likely N-dealkylation sites (tertiary alicyclic amines) is 1. The van der Waals surface area contributed by atoms with E-state index >= 15 is 0 Å². The molecule has 238 valence electrons. The first-order chi connectivity index (χ1) is 20.7. The molecule has 1 saturated heterocycles. The number of Topliss-reactive ketones (excluding diaryl/α,β-unsaturated/α-hetero) is 1. The summed E-state index contributed by atoms with van der Waals surface area (Å²) in [5.74, 6) is -4.09. The maximum Gasteiger partial charge on any atom is 0.408 e. The van der Waals surface area contributed by atoms with Crippen molar-refractivity contribution >= 4 is 52.8 Å². The second-order valence-electron chi connectivity index (χ2n) is 12.6. The molecule has 1 aromatic rings. The fraction of sp³-hybridized carbons (Fsp3) is 0.531. The molecule has 0 aromatic heterocycles. The van der Waals surface area contributed by atoms with E-state index in [4.69, 9.17) is 27.9 Å². The Kier molecular flexibility index (Phi) is 10.1. The molecule has 44 heavy (non-hydrogen) atoms. The first-order valence-electron chi connectivity index (χ1n) is 14.8. The molecule has 0 radical (unpaired) electrons. The number of alkyl halides is 2. The predicted molar refractivity (Wildman–Crippen MR) is 167 cm³/mol. The molecule has 10 nitrogen and oxygen atoms in total. The van der Waals surface area contributed by atoms with E-state index in [0.29, 0.717) is 19.3 Å². The zero-order chi connectivity index (χ0) is 32.4. The molecular weight excluding hydrogens is 607 g/mol. The number of nitrogens with one attached hydrogen (secondary N) is 3. The number of hydrogen-bond donors (Lipinski definition) is 3. The lowest BCUT2D eigenvalue weighted by Crippen LogP contribution is -2.60. The number of nitrogens with zero attached hydrogens (tertiary/aromatic N) is 1. The lowest BCUT2D eigenvalue weighted by atomic mass is 9.94. The predicted octanol–water partition coefficient (Wildman–Crippen LogP) is 3.25. The van der Waals surface area contributed by atoms with Crippen molar-refractivity contribution in [1.29, 1.82) is 0 Å². The molecule has 2 aliphatic carbocycles. The topological polar surface area (TPSA) is 134 Å². The standard InChI is InChI=1S/C32H40Cl2N4O6/c1-6-8-13-22(26(39)28(41)35-14-7-2)36-27(40)25-23-21(32(23,33)34)17-38(25)29(42)24(37-30(43)44-31(3,4)5)20-15-18-11-9-10-12-19(18)16-20/h6-7,9-12,20-25H,1-2,8,13-17H2,3-5H3,(H,35,41)(H,36,40)(H,37,43)/t21-,22?,23-,24-,25-/m0/s1. The fourth-order valence-corrected chi connectivity index (χ4v) is 7.00. The van der Waals surface area contributed by atoms with E-state index < -0.39 is 63.6 Å². The number of allylic oxidation sites excluding steroid dienone is 1. The van der Waals surface area contributed by atoms with Gasteiger partial charge < -0.3 is 25.6 Å². The van der Waals surface area contributed by atoms with E-state index in [-0.39, 0.29) is 31.3 Å². The number of carbonyl (C=O) groups is 5. The fourth-order valence-electron chi connectivity index (χ4n) is 6.18. The molecule has 1 aliphatic heterocycles. The zero-order valence-corrected chi connectivity index (χ0v) is 26.7. The minimum absolute atomic E-state index is 0.0828. The molecule has 1 heterocycles. The van der Waals surface area contributed by atoms with Crippen molar-refractivity contribution in [3.05, 3.63) is 60.7 Å². The molecule has 12 heteroatoms. The van der Waals surface area contributed by atoms with Crippen molar-refractivity contribution < 1.29 is 28.7 Å². The summed E-state index contributed by atoms with van der Waals surface area (Å²) < 4.78 is 4.25. The molecule has 0 bridgehead atoms. The van der Waals surface area contributed by atoms with Crippen molar-refractivity contribution in [3.8, 4) is 0 Å². The van der Waals surface area contributed by atoms with Crippen LogP contribution in [0, 0.1) is 17.8 Å². The number of benzene rings is 1. The second-order valence-corrected chi connectivity index (χ2v) is 14.0. The molecule has 1 saturated carbocycles. The Balaban J connectivity index is 1.59. The molecule has 3 N–H and O–H groups in total. The number of alkyl carbamates (subject to hydrolysis) is 1. The van der Waals surface area contributed by atoms with Gasteiger partial charge in [-0.05, 0) is 63.5 Å². The Labute approximate surface area is 267 Å². The van der Waals surface area contributed by atoms with E-state index in [1.165, 1.54) is 11.0 Å². The van der Waals surface area contributed by atoms with Crippen molar-refractivity contribution in [3.63, 3.8) is 0 Å². The summed E-state index contributed by atoms with van der Waals surface area (Å²) in [5.41, 5.74) is 1.37. The van der Waals surface area contributed by atoms with Crippen LogP contribution in [-0.4, -0.2) is 75.6 Å². The largest absolute Gasteiger partial charge is 0.444 e. The van der Waals surface area contributed by atoms with E-state index in [1.807, 2.05) is 24.3 Å². The highest BCUT2D eigenvalue weighted by Crippen LogP contribution is 2.65. The number of carbonyl (C=O) groups excluding carboxylic acids is 5. The van der Waals surface area contributed by atoms with Crippen molar-refractivity contribution in [2.45, 2.75) is 74.5 Å². The Morgan fingerprint density at radius 3 is 2.27 bits per heavy atom. The van der Waals surface area contributed by atoms with Crippen LogP contribution in [0.2, 0.25) is 0 Å². The lowest BCUT2D eigenvalue weighted by molar-refractivity contribution is -0.144. The highest BCUT2D eigenvalue weighted by atomic mass is 35.5. The smallest absolute Gasteiger partial charge is 0.408 e. The number of fused-ring (bicyclic) bond motifs is 2. The summed E-state index contributed by atoms with van der Waals surface area (Å²) in [6.45, 7) is 12.5. The van der Waals surface area contributed by atoms with Gasteiger partial charge in [-0.1, -0.05) is 36.4 Å². The van der Waals surface area contributed by atoms with E-state index in [2.05, 4.69) is 29.1 Å². The van der Waals surface area contributed by atoms with Gasteiger partial charge in [0.25, 0.3) is 5.91 Å². The number of halogens is 2. The highest BCUT2D eigenvalue weighted by molar-refractivity contribution is 6.51. The van der Waals surface area contributed by atoms with Crippen LogP contribution in [0.25, 0.3) is 0 Å². The van der Waals surface area contributed by atoms with Gasteiger partial charge in [0.15, 0.2) is 0 Å². The van der Waals surface area contributed by atoms with Crippen LogP contribution in [0.5, 0.6) is 0 Å². The molecule has 1 aromatic carbocycles. The van der Waals surface area contributed by atoms with Crippen LogP contribution < -0.4 is 16.0 Å². The van der Waals surface area contributed by atoms with Crippen LogP contribution in [0.15, 0.2) is 49.6 Å². The number of piperidine rings is 1. The maximum atomic E-state index is 14.3. The van der Waals surface area contributed by atoms with Crippen LogP contribution in [0.1, 0.15) is 44.7 Å². The van der Waals surface area contributed by atoms with Gasteiger partial charge in [-0.2, -0.15) is 0 Å². The first kappa shape index (κ1) is 33.5. The molecular formula is C32H40Cl2N4O6. The third kappa shape index (κ3) is 7.29. The van der Waals surface area contributed by atoms with Gasteiger partial charge in [0.1, 0.15) is 22.0 Å². The van der Waals surface area contributed by atoms with Crippen molar-refractivity contribution in [1.82, 2.24) is 20.9 Å². The van der Waals surface area contributed by atoms with E-state index in [0.717, 1.165) is 11.1 Å². The minimum Gasteiger partial charge on any atom is -0.444 e. The normalized spacial score (nSPS) is 22.9.